The molecule has 0 unspecified atom stereocenters. The van der Waals surface area contributed by atoms with E-state index in [2.05, 4.69) is 101 Å². The summed E-state index contributed by atoms with van der Waals surface area (Å²) in [6.07, 6.45) is 0. The van der Waals surface area contributed by atoms with Crippen LogP contribution in [0.15, 0.2) is 91.0 Å². The van der Waals surface area contributed by atoms with E-state index in [0.717, 1.165) is 0 Å². The predicted molar refractivity (Wildman–Crippen MR) is 133 cm³/mol. The Morgan fingerprint density at radius 2 is 1.13 bits per heavy atom. The van der Waals surface area contributed by atoms with Crippen LogP contribution in [0.1, 0.15) is 27.7 Å². The maximum Gasteiger partial charge on any atom is 0.0548 e. The molecule has 0 bridgehead atoms. The molecule has 0 atom stereocenters. The molecule has 6 rings (SSSR count). The van der Waals surface area contributed by atoms with Gasteiger partial charge in [-0.15, -0.1) is 0 Å². The average molecular weight is 393 g/mol. The number of benzene rings is 4. The molecule has 0 spiro atoms. The van der Waals surface area contributed by atoms with E-state index >= 15 is 0 Å². The summed E-state index contributed by atoms with van der Waals surface area (Å²) in [5.41, 5.74) is 6.05. The number of fused-ring (bicyclic) bond motifs is 6. The Morgan fingerprint density at radius 3 is 1.90 bits per heavy atom. The predicted octanol–water partition coefficient (Wildman–Crippen LogP) is 8.47. The van der Waals surface area contributed by atoms with Gasteiger partial charge in [0.1, 0.15) is 0 Å². The average Bonchev–Trinajstić information content (AvgIpc) is 3.36. The first-order valence-corrected chi connectivity index (χ1v) is 10.9. The number of nitrogens with one attached hydrogen (secondary N) is 1. The van der Waals surface area contributed by atoms with Gasteiger partial charge in [0.05, 0.1) is 11.0 Å². The van der Waals surface area contributed by atoms with Crippen molar-refractivity contribution < 1.29 is 0 Å². The standard InChI is InChI=1S/C24H16N2.2C2H6/c1-2-8-16(9-3-1)26-23-13-7-5-11-18(23)20-14-22-19(15-24(20)26)17-10-4-6-12-21(17)25-22;2*1-2/h1-15,25H;2*1-2H3. The summed E-state index contributed by atoms with van der Waals surface area (Å²) in [6.45, 7) is 8.00. The zero-order valence-corrected chi connectivity index (χ0v) is 18.1. The number of aromatic nitrogens is 2. The molecule has 4 aromatic carbocycles. The van der Waals surface area contributed by atoms with Gasteiger partial charge in [0.15, 0.2) is 0 Å². The quantitative estimate of drug-likeness (QED) is 0.290. The van der Waals surface area contributed by atoms with Gasteiger partial charge in [0.25, 0.3) is 0 Å². The third kappa shape index (κ3) is 3.05. The van der Waals surface area contributed by atoms with Gasteiger partial charge in [-0.2, -0.15) is 0 Å². The normalized spacial score (nSPS) is 10.7. The lowest BCUT2D eigenvalue weighted by molar-refractivity contribution is 1.18. The first-order valence-electron chi connectivity index (χ1n) is 10.9. The fraction of sp³-hybridized carbons (Fsp3) is 0.143. The minimum atomic E-state index is 1.19. The Labute approximate surface area is 177 Å². The van der Waals surface area contributed by atoms with Gasteiger partial charge in [-0.1, -0.05) is 82.3 Å². The summed E-state index contributed by atoms with van der Waals surface area (Å²) in [5.74, 6) is 0. The van der Waals surface area contributed by atoms with Crippen LogP contribution in [-0.4, -0.2) is 9.55 Å². The van der Waals surface area contributed by atoms with E-state index in [1.165, 1.54) is 49.3 Å². The molecule has 0 aliphatic rings. The summed E-state index contributed by atoms with van der Waals surface area (Å²) < 4.78 is 2.37. The van der Waals surface area contributed by atoms with Crippen molar-refractivity contribution >= 4 is 43.6 Å². The van der Waals surface area contributed by atoms with Crippen LogP contribution in [0.3, 0.4) is 0 Å². The number of hydrogen-bond acceptors (Lipinski definition) is 0. The van der Waals surface area contributed by atoms with Crippen molar-refractivity contribution in [3.63, 3.8) is 0 Å². The van der Waals surface area contributed by atoms with Crippen LogP contribution in [0, 0.1) is 0 Å². The van der Waals surface area contributed by atoms with Gasteiger partial charge in [0.2, 0.25) is 0 Å². The summed E-state index contributed by atoms with van der Waals surface area (Å²) in [7, 11) is 0. The maximum absolute atomic E-state index is 3.57. The van der Waals surface area contributed by atoms with E-state index in [1.54, 1.807) is 0 Å². The minimum absolute atomic E-state index is 1.19. The summed E-state index contributed by atoms with van der Waals surface area (Å²) in [5, 5.41) is 5.11. The Kier molecular flexibility index (Phi) is 5.58. The number of hydrogen-bond donors (Lipinski definition) is 1. The molecule has 1 N–H and O–H groups in total. The number of aromatic amines is 1. The lowest BCUT2D eigenvalue weighted by atomic mass is 10.1. The molecule has 0 amide bonds. The highest BCUT2D eigenvalue weighted by Crippen LogP contribution is 2.36. The highest BCUT2D eigenvalue weighted by molar-refractivity contribution is 6.18. The lowest BCUT2D eigenvalue weighted by Crippen LogP contribution is -1.92. The third-order valence-electron chi connectivity index (χ3n) is 5.31. The number of para-hydroxylation sites is 3. The number of rotatable bonds is 1. The Bertz CT molecular complexity index is 1420. The van der Waals surface area contributed by atoms with Crippen LogP contribution in [-0.2, 0) is 0 Å². The Balaban J connectivity index is 0.000000516. The van der Waals surface area contributed by atoms with Gasteiger partial charge in [-0.3, -0.25) is 0 Å². The first-order chi connectivity index (χ1) is 14.9. The van der Waals surface area contributed by atoms with Crippen molar-refractivity contribution in [2.45, 2.75) is 27.7 Å². The van der Waals surface area contributed by atoms with Crippen molar-refractivity contribution in [1.29, 1.82) is 0 Å². The van der Waals surface area contributed by atoms with Crippen LogP contribution >= 0.6 is 0 Å². The summed E-state index contributed by atoms with van der Waals surface area (Å²) in [6, 6.07) is 32.4. The third-order valence-corrected chi connectivity index (χ3v) is 5.31. The molecule has 0 saturated heterocycles. The largest absolute Gasteiger partial charge is 0.354 e. The molecule has 2 nitrogen and oxygen atoms in total. The number of H-pyrrole nitrogens is 1. The second-order valence-corrected chi connectivity index (χ2v) is 6.77. The SMILES string of the molecule is CC.CC.c1ccc(-n2c3ccccc3c3cc4[nH]c5ccccc5c4cc32)cc1. The minimum Gasteiger partial charge on any atom is -0.354 e. The highest BCUT2D eigenvalue weighted by Gasteiger charge is 2.14. The topological polar surface area (TPSA) is 20.7 Å². The van der Waals surface area contributed by atoms with Crippen molar-refractivity contribution in [2.75, 3.05) is 0 Å². The van der Waals surface area contributed by atoms with Gasteiger partial charge >= 0.3 is 0 Å². The number of nitrogens with zero attached hydrogens (tertiary/aromatic N) is 1. The van der Waals surface area contributed by atoms with E-state index in [-0.39, 0.29) is 0 Å². The monoisotopic (exact) mass is 392 g/mol. The Morgan fingerprint density at radius 1 is 0.500 bits per heavy atom. The van der Waals surface area contributed by atoms with Crippen molar-refractivity contribution in [3.8, 4) is 5.69 Å². The molecule has 0 saturated carbocycles. The lowest BCUT2D eigenvalue weighted by Gasteiger charge is -2.07. The molecule has 0 aliphatic carbocycles. The zero-order chi connectivity index (χ0) is 21.1. The second kappa shape index (κ2) is 8.46. The molecule has 2 heterocycles. The van der Waals surface area contributed by atoms with Crippen LogP contribution in [0.25, 0.3) is 49.3 Å². The smallest absolute Gasteiger partial charge is 0.0548 e. The summed E-state index contributed by atoms with van der Waals surface area (Å²) >= 11 is 0. The van der Waals surface area contributed by atoms with E-state index in [1.807, 2.05) is 27.7 Å². The maximum atomic E-state index is 3.57. The fourth-order valence-corrected chi connectivity index (χ4v) is 4.17. The van der Waals surface area contributed by atoms with Crippen molar-refractivity contribution in [1.82, 2.24) is 9.55 Å². The molecule has 0 aliphatic heterocycles. The van der Waals surface area contributed by atoms with Gasteiger partial charge in [0, 0.05) is 38.3 Å². The van der Waals surface area contributed by atoms with Gasteiger partial charge in [-0.05, 0) is 36.4 Å². The molecule has 30 heavy (non-hydrogen) atoms. The molecule has 0 radical (unpaired) electrons. The first kappa shape index (κ1) is 19.8. The van der Waals surface area contributed by atoms with Gasteiger partial charge in [-0.25, -0.2) is 0 Å². The van der Waals surface area contributed by atoms with Crippen LogP contribution in [0.4, 0.5) is 0 Å². The summed E-state index contributed by atoms with van der Waals surface area (Å²) in [4.78, 5) is 3.57. The van der Waals surface area contributed by atoms with E-state index in [0.29, 0.717) is 0 Å². The van der Waals surface area contributed by atoms with E-state index in [9.17, 15) is 0 Å². The zero-order valence-electron chi connectivity index (χ0n) is 18.1. The molecular formula is C28H28N2. The molecule has 0 fully saturated rings. The molecule has 2 heteroatoms. The molecule has 6 aromatic rings. The van der Waals surface area contributed by atoms with Gasteiger partial charge < -0.3 is 9.55 Å². The fourth-order valence-electron chi connectivity index (χ4n) is 4.17. The van der Waals surface area contributed by atoms with Crippen molar-refractivity contribution in [3.05, 3.63) is 91.0 Å². The van der Waals surface area contributed by atoms with Crippen LogP contribution in [0.2, 0.25) is 0 Å². The van der Waals surface area contributed by atoms with E-state index in [4.69, 9.17) is 0 Å². The van der Waals surface area contributed by atoms with Crippen LogP contribution < -0.4 is 0 Å². The Hall–Kier alpha value is -3.52. The van der Waals surface area contributed by atoms with E-state index < -0.39 is 0 Å². The van der Waals surface area contributed by atoms with Crippen molar-refractivity contribution in [2.24, 2.45) is 0 Å². The molecule has 2 aromatic heterocycles. The highest BCUT2D eigenvalue weighted by atomic mass is 15.0. The van der Waals surface area contributed by atoms with Crippen LogP contribution in [0.5, 0.6) is 0 Å². The second-order valence-electron chi connectivity index (χ2n) is 6.77. The molecule has 150 valence electrons. The molecular weight excluding hydrogens is 364 g/mol.